The first kappa shape index (κ1) is 23.3. The van der Waals surface area contributed by atoms with E-state index in [-0.39, 0.29) is 22.6 Å². The molecule has 0 aliphatic carbocycles. The Morgan fingerprint density at radius 1 is 1.06 bits per heavy atom. The maximum Gasteiger partial charge on any atom is 0.301 e. The van der Waals surface area contributed by atoms with Gasteiger partial charge in [-0.25, -0.2) is 0 Å². The van der Waals surface area contributed by atoms with E-state index in [1.165, 1.54) is 4.90 Å². The number of nitrogens with zero attached hydrogens (tertiary/aromatic N) is 2. The van der Waals surface area contributed by atoms with Crippen molar-refractivity contribution in [3.05, 3.63) is 82.1 Å². The van der Waals surface area contributed by atoms with Gasteiger partial charge in [0.15, 0.2) is 5.82 Å². The van der Waals surface area contributed by atoms with Crippen LogP contribution in [0.25, 0.3) is 5.76 Å². The van der Waals surface area contributed by atoms with Crippen molar-refractivity contribution >= 4 is 23.3 Å². The molecule has 1 N–H and O–H groups in total. The van der Waals surface area contributed by atoms with Crippen molar-refractivity contribution in [3.63, 3.8) is 0 Å². The lowest BCUT2D eigenvalue weighted by Gasteiger charge is -2.24. The molecule has 1 saturated heterocycles. The van der Waals surface area contributed by atoms with E-state index in [4.69, 9.17) is 9.26 Å². The van der Waals surface area contributed by atoms with Crippen LogP contribution in [-0.2, 0) is 15.0 Å². The van der Waals surface area contributed by atoms with Gasteiger partial charge in [-0.05, 0) is 54.2 Å². The van der Waals surface area contributed by atoms with Crippen LogP contribution in [0.1, 0.15) is 54.8 Å². The Bertz CT molecular complexity index is 1300. The Kier molecular flexibility index (Phi) is 5.81. The summed E-state index contributed by atoms with van der Waals surface area (Å²) in [5.74, 6) is -0.429. The standard InChI is InChI=1S/C27H28N2O5/c1-15-13-18(9-12-20(15)33-6)24(30)22-23(17-7-10-19(11-8-17)27(3,4)5)29(26(32)25(22)31)21-14-16(2)34-28-21/h7-14,23,30H,1-6H3. The van der Waals surface area contributed by atoms with E-state index in [0.717, 1.165) is 11.1 Å². The van der Waals surface area contributed by atoms with Crippen molar-refractivity contribution in [2.45, 2.75) is 46.1 Å². The SMILES string of the molecule is COc1ccc(C(O)=C2C(=O)C(=O)N(c3cc(C)on3)C2c2ccc(C(C)(C)C)cc2)cc1C. The third kappa shape index (κ3) is 3.98. The van der Waals surface area contributed by atoms with Crippen LogP contribution in [0.4, 0.5) is 5.82 Å². The second-order valence-corrected chi connectivity index (χ2v) is 9.52. The van der Waals surface area contributed by atoms with Gasteiger partial charge in [0, 0.05) is 11.6 Å². The molecular weight excluding hydrogens is 432 g/mol. The highest BCUT2D eigenvalue weighted by Gasteiger charge is 2.48. The smallest absolute Gasteiger partial charge is 0.301 e. The van der Waals surface area contributed by atoms with Gasteiger partial charge in [-0.2, -0.15) is 0 Å². The molecule has 3 aromatic rings. The van der Waals surface area contributed by atoms with Crippen LogP contribution < -0.4 is 9.64 Å². The van der Waals surface area contributed by atoms with E-state index in [9.17, 15) is 14.7 Å². The van der Waals surface area contributed by atoms with Crippen molar-refractivity contribution < 1.29 is 24.0 Å². The van der Waals surface area contributed by atoms with Gasteiger partial charge < -0.3 is 14.4 Å². The zero-order valence-corrected chi connectivity index (χ0v) is 20.2. The zero-order chi connectivity index (χ0) is 24.8. The first-order valence-electron chi connectivity index (χ1n) is 11.0. The Morgan fingerprint density at radius 2 is 1.74 bits per heavy atom. The number of Topliss-reactive ketones (excluding diaryl/α,β-unsaturated/α-hetero) is 1. The summed E-state index contributed by atoms with van der Waals surface area (Å²) in [5.41, 5.74) is 2.93. The van der Waals surface area contributed by atoms with Crippen LogP contribution >= 0.6 is 0 Å². The van der Waals surface area contributed by atoms with Crippen LogP contribution in [0.3, 0.4) is 0 Å². The summed E-state index contributed by atoms with van der Waals surface area (Å²) in [6.45, 7) is 9.88. The van der Waals surface area contributed by atoms with E-state index in [1.54, 1.807) is 38.3 Å². The minimum Gasteiger partial charge on any atom is -0.507 e. The fourth-order valence-corrected chi connectivity index (χ4v) is 4.20. The maximum atomic E-state index is 13.2. The molecule has 2 heterocycles. The van der Waals surface area contributed by atoms with Gasteiger partial charge in [-0.15, -0.1) is 0 Å². The molecule has 7 nitrogen and oxygen atoms in total. The molecular formula is C27H28N2O5. The number of aliphatic hydroxyl groups is 1. The van der Waals surface area contributed by atoms with Gasteiger partial charge in [0.25, 0.3) is 5.78 Å². The molecule has 34 heavy (non-hydrogen) atoms. The van der Waals surface area contributed by atoms with E-state index in [2.05, 4.69) is 25.9 Å². The minimum absolute atomic E-state index is 0.00118. The molecule has 1 unspecified atom stereocenters. The normalized spacial score (nSPS) is 17.9. The molecule has 1 aliphatic heterocycles. The average molecular weight is 461 g/mol. The Morgan fingerprint density at radius 3 is 2.26 bits per heavy atom. The summed E-state index contributed by atoms with van der Waals surface area (Å²) in [4.78, 5) is 27.7. The third-order valence-corrected chi connectivity index (χ3v) is 6.07. The molecule has 0 radical (unpaired) electrons. The number of aromatic nitrogens is 1. The molecule has 1 atom stereocenters. The molecule has 176 valence electrons. The molecule has 1 amide bonds. The summed E-state index contributed by atoms with van der Waals surface area (Å²) in [7, 11) is 1.56. The van der Waals surface area contributed by atoms with Crippen LogP contribution in [0.5, 0.6) is 5.75 Å². The number of rotatable bonds is 4. The topological polar surface area (TPSA) is 92.9 Å². The highest BCUT2D eigenvalue weighted by atomic mass is 16.5. The van der Waals surface area contributed by atoms with Gasteiger partial charge >= 0.3 is 5.91 Å². The fraction of sp³-hybridized carbons (Fsp3) is 0.296. The van der Waals surface area contributed by atoms with Crippen LogP contribution in [0, 0.1) is 13.8 Å². The molecule has 4 rings (SSSR count). The predicted octanol–water partition coefficient (Wildman–Crippen LogP) is 5.22. The molecule has 1 aromatic heterocycles. The van der Waals surface area contributed by atoms with Crippen molar-refractivity contribution in [2.75, 3.05) is 12.0 Å². The second-order valence-electron chi connectivity index (χ2n) is 9.52. The van der Waals surface area contributed by atoms with E-state index < -0.39 is 17.7 Å². The lowest BCUT2D eigenvalue weighted by Crippen LogP contribution is -2.29. The van der Waals surface area contributed by atoms with Crippen LogP contribution in [0.2, 0.25) is 0 Å². The van der Waals surface area contributed by atoms with Gasteiger partial charge in [0.05, 0.1) is 18.7 Å². The number of hydrogen-bond acceptors (Lipinski definition) is 6. The Balaban J connectivity index is 1.91. The number of amides is 1. The molecule has 2 aromatic carbocycles. The first-order chi connectivity index (χ1) is 16.0. The number of methoxy groups -OCH3 is 1. The third-order valence-electron chi connectivity index (χ3n) is 6.07. The minimum atomic E-state index is -0.860. The fourth-order valence-electron chi connectivity index (χ4n) is 4.20. The Labute approximate surface area is 198 Å². The van der Waals surface area contributed by atoms with Crippen LogP contribution in [-0.4, -0.2) is 29.1 Å². The van der Waals surface area contributed by atoms with E-state index in [1.807, 2.05) is 31.2 Å². The van der Waals surface area contributed by atoms with Crippen molar-refractivity contribution in [1.29, 1.82) is 0 Å². The number of aliphatic hydroxyl groups excluding tert-OH is 1. The van der Waals surface area contributed by atoms with Crippen molar-refractivity contribution in [1.82, 2.24) is 5.16 Å². The molecule has 0 saturated carbocycles. The van der Waals surface area contributed by atoms with Gasteiger partial charge in [-0.3, -0.25) is 14.5 Å². The van der Waals surface area contributed by atoms with Gasteiger partial charge in [0.2, 0.25) is 0 Å². The number of ether oxygens (including phenoxy) is 1. The number of anilines is 1. The number of aryl methyl sites for hydroxylation is 2. The maximum absolute atomic E-state index is 13.2. The molecule has 7 heteroatoms. The number of carbonyl (C=O) groups is 2. The quantitative estimate of drug-likeness (QED) is 0.326. The second kappa shape index (κ2) is 8.48. The van der Waals surface area contributed by atoms with E-state index >= 15 is 0 Å². The zero-order valence-electron chi connectivity index (χ0n) is 20.2. The lowest BCUT2D eigenvalue weighted by atomic mass is 9.85. The number of benzene rings is 2. The van der Waals surface area contributed by atoms with Crippen LogP contribution in [0.15, 0.2) is 58.6 Å². The summed E-state index contributed by atoms with van der Waals surface area (Å²) in [6, 6.07) is 13.5. The first-order valence-corrected chi connectivity index (χ1v) is 11.0. The number of hydrogen-bond donors (Lipinski definition) is 1. The Hall–Kier alpha value is -3.87. The lowest BCUT2D eigenvalue weighted by molar-refractivity contribution is -0.132. The number of carbonyl (C=O) groups excluding carboxylic acids is 2. The molecule has 0 spiro atoms. The van der Waals surface area contributed by atoms with Gasteiger partial charge in [0.1, 0.15) is 17.3 Å². The van der Waals surface area contributed by atoms with Crippen molar-refractivity contribution in [2.24, 2.45) is 0 Å². The van der Waals surface area contributed by atoms with Crippen molar-refractivity contribution in [3.8, 4) is 5.75 Å². The predicted molar refractivity (Wildman–Crippen MR) is 129 cm³/mol. The highest BCUT2D eigenvalue weighted by Crippen LogP contribution is 2.42. The summed E-state index contributed by atoms with van der Waals surface area (Å²) < 4.78 is 10.5. The monoisotopic (exact) mass is 460 g/mol. The molecule has 0 bridgehead atoms. The van der Waals surface area contributed by atoms with E-state index in [0.29, 0.717) is 22.6 Å². The number of ketones is 1. The molecule has 1 fully saturated rings. The molecule has 1 aliphatic rings. The summed E-state index contributed by atoms with van der Waals surface area (Å²) in [6.07, 6.45) is 0. The average Bonchev–Trinajstić information content (AvgIpc) is 3.33. The highest BCUT2D eigenvalue weighted by molar-refractivity contribution is 6.51. The summed E-state index contributed by atoms with van der Waals surface area (Å²) >= 11 is 0. The van der Waals surface area contributed by atoms with Gasteiger partial charge in [-0.1, -0.05) is 50.2 Å². The largest absolute Gasteiger partial charge is 0.507 e. The summed E-state index contributed by atoms with van der Waals surface area (Å²) in [5, 5.41) is 15.3.